The molecule has 6 nitrogen and oxygen atoms in total. The highest BCUT2D eigenvalue weighted by Gasteiger charge is 2.47. The van der Waals surface area contributed by atoms with Crippen LogP contribution in [0.15, 0.2) is 0 Å². The fourth-order valence-corrected chi connectivity index (χ4v) is 4.14. The van der Waals surface area contributed by atoms with Gasteiger partial charge in [0.2, 0.25) is 5.91 Å². The summed E-state index contributed by atoms with van der Waals surface area (Å²) in [5, 5.41) is 8.89. The van der Waals surface area contributed by atoms with E-state index >= 15 is 0 Å². The molecule has 124 valence electrons. The number of likely N-dealkylation sites (tertiary alicyclic amines) is 1. The van der Waals surface area contributed by atoms with Gasteiger partial charge in [0.1, 0.15) is 0 Å². The number of thioether (sulfide) groups is 1. The molecule has 1 aliphatic heterocycles. The summed E-state index contributed by atoms with van der Waals surface area (Å²) in [5.74, 6) is 0.320. The van der Waals surface area contributed by atoms with Crippen molar-refractivity contribution in [1.29, 1.82) is 0 Å². The number of nitrogens with zero attached hydrogens (tertiary/aromatic N) is 1. The zero-order valence-corrected chi connectivity index (χ0v) is 13.8. The van der Waals surface area contributed by atoms with E-state index < -0.39 is 12.4 Å². The van der Waals surface area contributed by atoms with Crippen molar-refractivity contribution in [2.24, 2.45) is 11.8 Å². The van der Waals surface area contributed by atoms with Crippen LogP contribution in [0.3, 0.4) is 0 Å². The number of carboxylic acid groups (broad SMARTS) is 1. The van der Waals surface area contributed by atoms with E-state index in [-0.39, 0.29) is 23.0 Å². The van der Waals surface area contributed by atoms with E-state index in [2.05, 4.69) is 0 Å². The maximum atomic E-state index is 12.7. The summed E-state index contributed by atoms with van der Waals surface area (Å²) in [4.78, 5) is 36.3. The Morgan fingerprint density at radius 2 is 2.00 bits per heavy atom. The molecule has 2 rings (SSSR count). The van der Waals surface area contributed by atoms with Crippen molar-refractivity contribution in [2.45, 2.75) is 58.2 Å². The van der Waals surface area contributed by atoms with Gasteiger partial charge in [-0.3, -0.25) is 9.59 Å². The number of hydrogen-bond donors (Lipinski definition) is 1. The Morgan fingerprint density at radius 3 is 2.64 bits per heavy atom. The van der Waals surface area contributed by atoms with Crippen LogP contribution in [0.5, 0.6) is 0 Å². The summed E-state index contributed by atoms with van der Waals surface area (Å²) in [6.07, 6.45) is 2.68. The molecule has 2 aliphatic rings. The molecule has 2 fully saturated rings. The summed E-state index contributed by atoms with van der Waals surface area (Å²) in [6, 6.07) is 0.0791. The number of ether oxygens (including phenoxy) is 1. The van der Waals surface area contributed by atoms with Gasteiger partial charge < -0.3 is 14.7 Å². The van der Waals surface area contributed by atoms with Gasteiger partial charge in [0, 0.05) is 31.1 Å². The van der Waals surface area contributed by atoms with Gasteiger partial charge in [0.05, 0.1) is 0 Å². The molecule has 0 aromatic rings. The minimum Gasteiger partial charge on any atom is -0.450 e. The molecule has 1 saturated carbocycles. The molecule has 0 spiro atoms. The highest BCUT2D eigenvalue weighted by atomic mass is 32.2. The number of amides is 1. The standard InChI is InChI=1S/C15H23NO5S/c1-9(8-22-10(2)17)14(18)16-12-6-4-3-5-11(12)7-13(16)21-15(19)20/h9,11-13H,3-8H2,1-2H3,(H,19,20). The lowest BCUT2D eigenvalue weighted by molar-refractivity contribution is -0.145. The van der Waals surface area contributed by atoms with E-state index in [9.17, 15) is 14.4 Å². The molecule has 0 aromatic heterocycles. The van der Waals surface area contributed by atoms with Crippen LogP contribution in [0.1, 0.15) is 46.0 Å². The van der Waals surface area contributed by atoms with E-state index in [0.29, 0.717) is 18.1 Å². The molecule has 1 heterocycles. The van der Waals surface area contributed by atoms with Gasteiger partial charge >= 0.3 is 6.16 Å². The molecule has 0 aromatic carbocycles. The number of carbonyl (C=O) groups is 3. The zero-order valence-electron chi connectivity index (χ0n) is 13.0. The third-order valence-electron chi connectivity index (χ3n) is 4.49. The fourth-order valence-electron chi connectivity index (χ4n) is 3.51. The Balaban J connectivity index is 2.09. The number of fused-ring (bicyclic) bond motifs is 1. The first-order chi connectivity index (χ1) is 10.4. The van der Waals surface area contributed by atoms with E-state index in [0.717, 1.165) is 37.4 Å². The first kappa shape index (κ1) is 17.1. The first-order valence-corrected chi connectivity index (χ1v) is 8.73. The third kappa shape index (κ3) is 3.94. The highest BCUT2D eigenvalue weighted by Crippen LogP contribution is 2.41. The maximum absolute atomic E-state index is 12.7. The van der Waals surface area contributed by atoms with Crippen molar-refractivity contribution in [3.8, 4) is 0 Å². The highest BCUT2D eigenvalue weighted by molar-refractivity contribution is 8.13. The van der Waals surface area contributed by atoms with Crippen LogP contribution < -0.4 is 0 Å². The van der Waals surface area contributed by atoms with E-state index in [1.54, 1.807) is 11.8 Å². The third-order valence-corrected chi connectivity index (χ3v) is 5.56. The lowest BCUT2D eigenvalue weighted by Gasteiger charge is -2.34. The average molecular weight is 329 g/mol. The Kier molecular flexibility index (Phi) is 5.72. The van der Waals surface area contributed by atoms with Crippen LogP contribution in [0.4, 0.5) is 4.79 Å². The molecule has 1 aliphatic carbocycles. The van der Waals surface area contributed by atoms with E-state index in [4.69, 9.17) is 9.84 Å². The molecule has 1 amide bonds. The monoisotopic (exact) mass is 329 g/mol. The van der Waals surface area contributed by atoms with Gasteiger partial charge in [-0.2, -0.15) is 0 Å². The van der Waals surface area contributed by atoms with Gasteiger partial charge in [-0.15, -0.1) is 0 Å². The molecule has 0 bridgehead atoms. The van der Waals surface area contributed by atoms with E-state index in [1.165, 1.54) is 6.92 Å². The molecular weight excluding hydrogens is 306 g/mol. The van der Waals surface area contributed by atoms with Crippen LogP contribution >= 0.6 is 11.8 Å². The van der Waals surface area contributed by atoms with Crippen LogP contribution in [0.2, 0.25) is 0 Å². The van der Waals surface area contributed by atoms with Gasteiger partial charge in [-0.25, -0.2) is 4.79 Å². The lowest BCUT2D eigenvalue weighted by Crippen LogP contribution is -2.47. The second kappa shape index (κ2) is 7.35. The van der Waals surface area contributed by atoms with Crippen molar-refractivity contribution in [3.05, 3.63) is 0 Å². The molecular formula is C15H23NO5S. The quantitative estimate of drug-likeness (QED) is 0.798. The van der Waals surface area contributed by atoms with Crippen LogP contribution in [-0.2, 0) is 14.3 Å². The van der Waals surface area contributed by atoms with Crippen molar-refractivity contribution >= 4 is 28.9 Å². The second-order valence-electron chi connectivity index (χ2n) is 6.14. The second-order valence-corrected chi connectivity index (χ2v) is 7.33. The minimum atomic E-state index is -1.34. The molecule has 0 radical (unpaired) electrons. The normalized spacial score (nSPS) is 28.8. The van der Waals surface area contributed by atoms with Crippen LogP contribution in [-0.4, -0.2) is 45.2 Å². The Hall–Kier alpha value is -1.24. The summed E-state index contributed by atoms with van der Waals surface area (Å²) >= 11 is 1.13. The Labute approximate surface area is 134 Å². The smallest absolute Gasteiger partial charge is 0.450 e. The number of hydrogen-bond acceptors (Lipinski definition) is 5. The van der Waals surface area contributed by atoms with Crippen molar-refractivity contribution < 1.29 is 24.2 Å². The Morgan fingerprint density at radius 1 is 1.32 bits per heavy atom. The molecule has 1 N–H and O–H groups in total. The number of rotatable bonds is 4. The summed E-state index contributed by atoms with van der Waals surface area (Å²) in [6.45, 7) is 3.26. The van der Waals surface area contributed by atoms with Crippen LogP contribution in [0.25, 0.3) is 0 Å². The van der Waals surface area contributed by atoms with E-state index in [1.807, 2.05) is 0 Å². The van der Waals surface area contributed by atoms with Gasteiger partial charge in [-0.05, 0) is 18.8 Å². The lowest BCUT2D eigenvalue weighted by atomic mass is 9.85. The molecule has 1 saturated heterocycles. The fraction of sp³-hybridized carbons (Fsp3) is 0.800. The Bertz CT molecular complexity index is 455. The minimum absolute atomic E-state index is 0.0186. The summed E-state index contributed by atoms with van der Waals surface area (Å²) in [7, 11) is 0. The molecule has 7 heteroatoms. The van der Waals surface area contributed by atoms with Crippen molar-refractivity contribution in [2.75, 3.05) is 5.75 Å². The summed E-state index contributed by atoms with van der Waals surface area (Å²) in [5.41, 5.74) is 0. The topological polar surface area (TPSA) is 83.9 Å². The van der Waals surface area contributed by atoms with Crippen molar-refractivity contribution in [3.63, 3.8) is 0 Å². The summed E-state index contributed by atoms with van der Waals surface area (Å²) < 4.78 is 4.96. The van der Waals surface area contributed by atoms with Gasteiger partial charge in [-0.1, -0.05) is 31.5 Å². The van der Waals surface area contributed by atoms with Crippen LogP contribution in [0, 0.1) is 11.8 Å². The van der Waals surface area contributed by atoms with Crippen molar-refractivity contribution in [1.82, 2.24) is 4.90 Å². The van der Waals surface area contributed by atoms with Gasteiger partial charge in [0.15, 0.2) is 11.3 Å². The molecule has 4 unspecified atom stereocenters. The predicted molar refractivity (Wildman–Crippen MR) is 82.4 cm³/mol. The van der Waals surface area contributed by atoms with Gasteiger partial charge in [0.25, 0.3) is 0 Å². The largest absolute Gasteiger partial charge is 0.507 e. The molecule has 22 heavy (non-hydrogen) atoms. The zero-order chi connectivity index (χ0) is 16.3. The first-order valence-electron chi connectivity index (χ1n) is 7.75. The predicted octanol–water partition coefficient (Wildman–Crippen LogP) is 2.71. The average Bonchev–Trinajstić information content (AvgIpc) is 2.80. The SMILES string of the molecule is CC(=O)SCC(C)C(=O)N1C(OC(=O)O)CC2CCCCC21. The molecule has 4 atom stereocenters. The number of carbonyl (C=O) groups excluding carboxylic acids is 2. The maximum Gasteiger partial charge on any atom is 0.507 e.